The minimum atomic E-state index is -4.77. The van der Waals surface area contributed by atoms with E-state index < -0.39 is 69.9 Å². The molecule has 0 amide bonds. The molecule has 14 heteroatoms. The number of carboxylic acids is 1. The van der Waals surface area contributed by atoms with Gasteiger partial charge >= 0.3 is 25.7 Å². The number of rotatable bonds is 39. The molecule has 13 nitrogen and oxygen atoms in total. The molecule has 0 aromatic carbocycles. The number of nitrogens with two attached hydrogens (primary N) is 1. The van der Waals surface area contributed by atoms with Crippen LogP contribution in [0.5, 0.6) is 0 Å². The third-order valence-electron chi connectivity index (χ3n) is 8.95. The number of phosphoric acid groups is 1. The Morgan fingerprint density at radius 3 is 1.71 bits per heavy atom. The summed E-state index contributed by atoms with van der Waals surface area (Å²) in [4.78, 5) is 45.9. The molecule has 0 aliphatic heterocycles. The molecule has 0 saturated carbocycles. The van der Waals surface area contributed by atoms with Crippen LogP contribution in [-0.2, 0) is 37.5 Å². The lowest BCUT2D eigenvalue weighted by Crippen LogP contribution is -2.34. The number of carbonyl (C=O) groups is 3. The summed E-state index contributed by atoms with van der Waals surface area (Å²) in [5.41, 5.74) is 5.32. The van der Waals surface area contributed by atoms with Crippen molar-refractivity contribution in [3.8, 4) is 0 Å². The topological polar surface area (TPSA) is 212 Å². The highest BCUT2D eigenvalue weighted by atomic mass is 31.2. The number of ether oxygens (including phenoxy) is 2. The van der Waals surface area contributed by atoms with E-state index in [0.29, 0.717) is 25.7 Å². The molecule has 1 unspecified atom stereocenters. The molecule has 0 rings (SSSR count). The molecule has 0 saturated heterocycles. The van der Waals surface area contributed by atoms with Crippen LogP contribution in [0.2, 0.25) is 0 Å². The number of hydrogen-bond donors (Lipinski definition) is 5. The van der Waals surface area contributed by atoms with Crippen LogP contribution < -0.4 is 5.73 Å². The van der Waals surface area contributed by atoms with E-state index in [1.165, 1.54) is 38.5 Å². The molecule has 0 aliphatic rings. The summed E-state index contributed by atoms with van der Waals surface area (Å²) >= 11 is 0. The predicted octanol–water partition coefficient (Wildman–Crippen LogP) is 9.11. The maximum atomic E-state index is 12.6. The number of hydrogen-bond acceptors (Lipinski definition) is 11. The third-order valence-corrected chi connectivity index (χ3v) is 9.90. The fourth-order valence-corrected chi connectivity index (χ4v) is 6.23. The fraction of sp³-hybridized carbons (Fsp3) is 0.705. The Morgan fingerprint density at radius 2 is 1.12 bits per heavy atom. The molecule has 58 heavy (non-hydrogen) atoms. The molecule has 334 valence electrons. The van der Waals surface area contributed by atoms with Crippen LogP contribution >= 0.6 is 7.82 Å². The fourth-order valence-electron chi connectivity index (χ4n) is 5.45. The predicted molar refractivity (Wildman–Crippen MR) is 229 cm³/mol. The lowest BCUT2D eigenvalue weighted by atomic mass is 10.1. The van der Waals surface area contributed by atoms with E-state index in [-0.39, 0.29) is 12.8 Å². The zero-order valence-corrected chi connectivity index (χ0v) is 36.2. The number of aliphatic carboxylic acids is 1. The SMILES string of the molecule is CCCCCC/C=C\CCCCCCCCCC(=O)O[C@H](COC(=O)CCC[C@@H](O)/C=C/C=C\C/C=C\C=C\[C@@H](O)CCCCC)COP(=O)(O)OC[C@H](N)C(=O)O. The average Bonchev–Trinajstić information content (AvgIpc) is 3.18. The Hall–Kier alpha value is -2.90. The number of allylic oxidation sites excluding steroid dienone is 8. The van der Waals surface area contributed by atoms with Gasteiger partial charge in [-0.1, -0.05) is 145 Å². The van der Waals surface area contributed by atoms with Gasteiger partial charge in [-0.25, -0.2) is 4.57 Å². The van der Waals surface area contributed by atoms with Crippen molar-refractivity contribution in [2.45, 2.75) is 179 Å². The standard InChI is InChI=1S/C44H76NO12P/c1-3-5-7-8-9-10-11-12-13-14-15-16-20-23-27-33-43(49)57-40(36-55-58(52,53)56-37-41(45)44(50)51)35-54-42(48)34-28-32-39(47)31-26-22-19-17-18-21-25-30-38(46)29-24-6-4-2/h10-11,18-19,21-22,25-26,30-31,38-41,46-47H,3-9,12-17,20,23-24,27-29,32-37,45H2,1-2H3,(H,50,51)(H,52,53)/b11-10-,21-18-,22-19-,30-25+,31-26+/t38-,39-,40+,41-/m0/s1. The normalized spacial score (nSPS) is 15.4. The van der Waals surface area contributed by atoms with Crippen LogP contribution in [0.3, 0.4) is 0 Å². The van der Waals surface area contributed by atoms with Gasteiger partial charge in [0.2, 0.25) is 0 Å². The molecule has 0 bridgehead atoms. The highest BCUT2D eigenvalue weighted by Gasteiger charge is 2.28. The Labute approximate surface area is 348 Å². The maximum absolute atomic E-state index is 12.6. The number of aliphatic hydroxyl groups is 2. The number of carbonyl (C=O) groups excluding carboxylic acids is 2. The Balaban J connectivity index is 4.62. The highest BCUT2D eigenvalue weighted by molar-refractivity contribution is 7.47. The second kappa shape index (κ2) is 38.3. The van der Waals surface area contributed by atoms with Crippen molar-refractivity contribution < 1.29 is 57.7 Å². The van der Waals surface area contributed by atoms with Crippen LogP contribution in [0.15, 0.2) is 60.8 Å². The van der Waals surface area contributed by atoms with Gasteiger partial charge in [-0.05, 0) is 57.8 Å². The van der Waals surface area contributed by atoms with Gasteiger partial charge in [-0.15, -0.1) is 0 Å². The van der Waals surface area contributed by atoms with Crippen molar-refractivity contribution in [3.63, 3.8) is 0 Å². The first kappa shape index (κ1) is 55.1. The quantitative estimate of drug-likeness (QED) is 0.0129. The Kier molecular flexibility index (Phi) is 36.4. The van der Waals surface area contributed by atoms with E-state index in [4.69, 9.17) is 24.8 Å². The van der Waals surface area contributed by atoms with Crippen molar-refractivity contribution in [3.05, 3.63) is 60.8 Å². The van der Waals surface area contributed by atoms with Gasteiger partial charge < -0.3 is 35.4 Å². The molecule has 6 N–H and O–H groups in total. The molecule has 0 fully saturated rings. The van der Waals surface area contributed by atoms with Gasteiger partial charge in [-0.3, -0.25) is 23.4 Å². The van der Waals surface area contributed by atoms with E-state index in [9.17, 15) is 34.1 Å². The summed E-state index contributed by atoms with van der Waals surface area (Å²) in [6.45, 7) is 2.44. The van der Waals surface area contributed by atoms with E-state index in [2.05, 4.69) is 30.5 Å². The van der Waals surface area contributed by atoms with Crippen molar-refractivity contribution in [2.75, 3.05) is 19.8 Å². The van der Waals surface area contributed by atoms with Gasteiger partial charge in [0.15, 0.2) is 6.10 Å². The minimum absolute atomic E-state index is 0.0294. The molecule has 0 aromatic heterocycles. The number of unbranched alkanes of at least 4 members (excludes halogenated alkanes) is 13. The summed E-state index contributed by atoms with van der Waals surface area (Å²) in [5, 5.41) is 29.0. The molecule has 0 aromatic rings. The van der Waals surface area contributed by atoms with Crippen molar-refractivity contribution in [2.24, 2.45) is 5.73 Å². The average molecular weight is 842 g/mol. The van der Waals surface area contributed by atoms with Crippen LogP contribution in [0.1, 0.15) is 155 Å². The van der Waals surface area contributed by atoms with Gasteiger partial charge in [0.1, 0.15) is 12.6 Å². The maximum Gasteiger partial charge on any atom is 0.472 e. The molecular weight excluding hydrogens is 765 g/mol. The number of esters is 2. The number of phosphoric ester groups is 1. The first-order valence-corrected chi connectivity index (χ1v) is 23.0. The third kappa shape index (κ3) is 37.4. The van der Waals surface area contributed by atoms with Crippen molar-refractivity contribution in [1.29, 1.82) is 0 Å². The molecule has 0 spiro atoms. The monoisotopic (exact) mass is 842 g/mol. The second-order valence-electron chi connectivity index (χ2n) is 14.5. The largest absolute Gasteiger partial charge is 0.480 e. The van der Waals surface area contributed by atoms with E-state index >= 15 is 0 Å². The molecule has 5 atom stereocenters. The van der Waals surface area contributed by atoms with E-state index in [1.54, 1.807) is 18.2 Å². The lowest BCUT2D eigenvalue weighted by molar-refractivity contribution is -0.161. The second-order valence-corrected chi connectivity index (χ2v) is 16.0. The van der Waals surface area contributed by atoms with Gasteiger partial charge in [0.05, 0.1) is 25.4 Å². The summed E-state index contributed by atoms with van der Waals surface area (Å²) in [7, 11) is -4.77. The molecule has 0 radical (unpaired) electrons. The number of carboxylic acid groups (broad SMARTS) is 1. The van der Waals surface area contributed by atoms with E-state index in [1.807, 2.05) is 30.4 Å². The van der Waals surface area contributed by atoms with Crippen LogP contribution in [0.25, 0.3) is 0 Å². The summed E-state index contributed by atoms with van der Waals surface area (Å²) in [6.07, 6.45) is 36.4. The Bertz CT molecular complexity index is 1250. The number of aliphatic hydroxyl groups excluding tert-OH is 2. The van der Waals surface area contributed by atoms with Gasteiger partial charge in [0.25, 0.3) is 0 Å². The van der Waals surface area contributed by atoms with Crippen LogP contribution in [0.4, 0.5) is 0 Å². The van der Waals surface area contributed by atoms with Crippen molar-refractivity contribution in [1.82, 2.24) is 0 Å². The first-order chi connectivity index (χ1) is 27.9. The zero-order valence-electron chi connectivity index (χ0n) is 35.3. The summed E-state index contributed by atoms with van der Waals surface area (Å²) in [6, 6.07) is -1.56. The van der Waals surface area contributed by atoms with Crippen molar-refractivity contribution >= 4 is 25.7 Å². The lowest BCUT2D eigenvalue weighted by Gasteiger charge is -2.20. The molecule has 0 aliphatic carbocycles. The zero-order chi connectivity index (χ0) is 43.1. The van der Waals surface area contributed by atoms with Gasteiger partial charge in [0, 0.05) is 12.8 Å². The van der Waals surface area contributed by atoms with Gasteiger partial charge in [-0.2, -0.15) is 0 Å². The minimum Gasteiger partial charge on any atom is -0.480 e. The van der Waals surface area contributed by atoms with Crippen LogP contribution in [0, 0.1) is 0 Å². The highest BCUT2D eigenvalue weighted by Crippen LogP contribution is 2.43. The summed E-state index contributed by atoms with van der Waals surface area (Å²) < 4.78 is 32.5. The Morgan fingerprint density at radius 1 is 0.621 bits per heavy atom. The summed E-state index contributed by atoms with van der Waals surface area (Å²) in [5.74, 6) is -2.65. The van der Waals surface area contributed by atoms with E-state index in [0.717, 1.165) is 64.2 Å². The smallest absolute Gasteiger partial charge is 0.472 e. The molecular formula is C44H76NO12P. The van der Waals surface area contributed by atoms with Crippen LogP contribution in [-0.4, -0.2) is 82.3 Å². The first-order valence-electron chi connectivity index (χ1n) is 21.5. The molecule has 0 heterocycles.